The molecule has 0 radical (unpaired) electrons. The molecule has 0 aliphatic carbocycles. The molecular formula is C15H17ClN2O4S2. The van der Waals surface area contributed by atoms with Crippen molar-refractivity contribution >= 4 is 31.6 Å². The summed E-state index contributed by atoms with van der Waals surface area (Å²) in [6.07, 6.45) is 0. The standard InChI is InChI=1S/C15H17ClN2O4S2/c1-2-18(11-12-6-3-4-9-15(12)16)24(21,22)14-8-5-7-13(10-14)23(17,19)20/h3-10H,2,11H2,1H3,(H2,17,19,20). The highest BCUT2D eigenvalue weighted by atomic mass is 35.5. The quantitative estimate of drug-likeness (QED) is 0.820. The van der Waals surface area contributed by atoms with E-state index in [9.17, 15) is 16.8 Å². The number of halogens is 1. The van der Waals surface area contributed by atoms with Crippen molar-refractivity contribution in [3.05, 3.63) is 59.1 Å². The molecular weight excluding hydrogens is 372 g/mol. The molecule has 0 atom stereocenters. The third kappa shape index (κ3) is 4.14. The molecule has 2 aromatic rings. The smallest absolute Gasteiger partial charge is 0.225 e. The molecule has 2 N–H and O–H groups in total. The van der Waals surface area contributed by atoms with Crippen LogP contribution in [0.15, 0.2) is 58.3 Å². The number of hydrogen-bond donors (Lipinski definition) is 1. The minimum Gasteiger partial charge on any atom is -0.225 e. The molecule has 2 rings (SSSR count). The lowest BCUT2D eigenvalue weighted by molar-refractivity contribution is 0.423. The molecule has 6 nitrogen and oxygen atoms in total. The van der Waals surface area contributed by atoms with Gasteiger partial charge in [-0.25, -0.2) is 22.0 Å². The Morgan fingerprint density at radius 1 is 1.00 bits per heavy atom. The van der Waals surface area contributed by atoms with Crippen molar-refractivity contribution in [1.82, 2.24) is 4.31 Å². The Hall–Kier alpha value is -1.45. The summed E-state index contributed by atoms with van der Waals surface area (Å²) in [5.41, 5.74) is 0.659. The van der Waals surface area contributed by atoms with Crippen LogP contribution in [0.25, 0.3) is 0 Å². The molecule has 0 bridgehead atoms. The van der Waals surface area contributed by atoms with Crippen molar-refractivity contribution in [2.24, 2.45) is 5.14 Å². The van der Waals surface area contributed by atoms with E-state index in [-0.39, 0.29) is 22.9 Å². The average Bonchev–Trinajstić information content (AvgIpc) is 2.53. The van der Waals surface area contributed by atoms with Crippen LogP contribution in [0, 0.1) is 0 Å². The summed E-state index contributed by atoms with van der Waals surface area (Å²) in [5, 5.41) is 5.53. The van der Waals surface area contributed by atoms with Crippen molar-refractivity contribution in [2.75, 3.05) is 6.54 Å². The van der Waals surface area contributed by atoms with Gasteiger partial charge in [0.2, 0.25) is 20.0 Å². The molecule has 24 heavy (non-hydrogen) atoms. The fourth-order valence-corrected chi connectivity index (χ4v) is 4.45. The second kappa shape index (κ2) is 7.20. The van der Waals surface area contributed by atoms with E-state index in [4.69, 9.17) is 16.7 Å². The first-order valence-electron chi connectivity index (χ1n) is 7.02. The molecule has 0 saturated carbocycles. The molecule has 130 valence electrons. The van der Waals surface area contributed by atoms with Crippen molar-refractivity contribution in [2.45, 2.75) is 23.3 Å². The highest BCUT2D eigenvalue weighted by Crippen LogP contribution is 2.23. The van der Waals surface area contributed by atoms with Crippen LogP contribution in [0.3, 0.4) is 0 Å². The zero-order valence-corrected chi connectivity index (χ0v) is 15.3. The maximum atomic E-state index is 12.8. The van der Waals surface area contributed by atoms with E-state index in [1.165, 1.54) is 22.5 Å². The third-order valence-corrected chi connectivity index (χ3v) is 6.63. The molecule has 0 aliphatic heterocycles. The van der Waals surface area contributed by atoms with E-state index in [0.29, 0.717) is 10.6 Å². The lowest BCUT2D eigenvalue weighted by Gasteiger charge is -2.21. The summed E-state index contributed by atoms with van der Waals surface area (Å²) in [6, 6.07) is 11.9. The van der Waals surface area contributed by atoms with Gasteiger partial charge in [-0.05, 0) is 29.8 Å². The fourth-order valence-electron chi connectivity index (χ4n) is 2.14. The second-order valence-electron chi connectivity index (χ2n) is 5.04. The molecule has 0 saturated heterocycles. The van der Waals surface area contributed by atoms with E-state index in [0.717, 1.165) is 6.07 Å². The van der Waals surface area contributed by atoms with E-state index in [2.05, 4.69) is 0 Å². The van der Waals surface area contributed by atoms with Gasteiger partial charge >= 0.3 is 0 Å². The highest BCUT2D eigenvalue weighted by molar-refractivity contribution is 7.90. The summed E-state index contributed by atoms with van der Waals surface area (Å²) in [4.78, 5) is -0.389. The number of benzene rings is 2. The van der Waals surface area contributed by atoms with Crippen LogP contribution in [-0.2, 0) is 26.6 Å². The molecule has 0 heterocycles. The Bertz CT molecular complexity index is 943. The molecule has 0 aromatic heterocycles. The predicted molar refractivity (Wildman–Crippen MR) is 92.5 cm³/mol. The third-order valence-electron chi connectivity index (χ3n) is 3.43. The first kappa shape index (κ1) is 18.9. The van der Waals surface area contributed by atoms with Gasteiger partial charge in [-0.3, -0.25) is 0 Å². The van der Waals surface area contributed by atoms with Gasteiger partial charge in [-0.15, -0.1) is 0 Å². The first-order chi connectivity index (χ1) is 11.2. The zero-order valence-electron chi connectivity index (χ0n) is 12.9. The monoisotopic (exact) mass is 388 g/mol. The Balaban J connectivity index is 2.42. The van der Waals surface area contributed by atoms with Crippen LogP contribution >= 0.6 is 11.6 Å². The Labute approximate surface area is 147 Å². The summed E-state index contributed by atoms with van der Waals surface area (Å²) in [7, 11) is -7.88. The van der Waals surface area contributed by atoms with Crippen LogP contribution in [-0.4, -0.2) is 27.7 Å². The summed E-state index contributed by atoms with van der Waals surface area (Å²) in [6.45, 7) is 1.98. The van der Waals surface area contributed by atoms with Crippen LogP contribution in [0.1, 0.15) is 12.5 Å². The predicted octanol–water partition coefficient (Wildman–Crippen LogP) is 2.20. The van der Waals surface area contributed by atoms with Crippen LogP contribution < -0.4 is 5.14 Å². The van der Waals surface area contributed by atoms with Gasteiger partial charge in [0.05, 0.1) is 9.79 Å². The maximum Gasteiger partial charge on any atom is 0.243 e. The van der Waals surface area contributed by atoms with Crippen LogP contribution in [0.5, 0.6) is 0 Å². The molecule has 2 aromatic carbocycles. The lowest BCUT2D eigenvalue weighted by Crippen LogP contribution is -2.30. The molecule has 0 spiro atoms. The fraction of sp³-hybridized carbons (Fsp3) is 0.200. The summed E-state index contributed by atoms with van der Waals surface area (Å²) < 4.78 is 49.7. The van der Waals surface area contributed by atoms with Crippen LogP contribution in [0.4, 0.5) is 0 Å². The molecule has 9 heteroatoms. The van der Waals surface area contributed by atoms with Crippen molar-refractivity contribution in [1.29, 1.82) is 0 Å². The minimum absolute atomic E-state index is 0.0815. The largest absolute Gasteiger partial charge is 0.243 e. The van der Waals surface area contributed by atoms with Gasteiger partial charge in [-0.2, -0.15) is 4.31 Å². The van der Waals surface area contributed by atoms with E-state index in [1.807, 2.05) is 0 Å². The SMILES string of the molecule is CCN(Cc1ccccc1Cl)S(=O)(=O)c1cccc(S(N)(=O)=O)c1. The number of sulfonamides is 2. The van der Waals surface area contributed by atoms with E-state index in [1.54, 1.807) is 31.2 Å². The first-order valence-corrected chi connectivity index (χ1v) is 10.4. The van der Waals surface area contributed by atoms with Gasteiger partial charge in [-0.1, -0.05) is 42.8 Å². The Morgan fingerprint density at radius 3 is 2.21 bits per heavy atom. The Morgan fingerprint density at radius 2 is 1.62 bits per heavy atom. The summed E-state index contributed by atoms with van der Waals surface area (Å²) in [5.74, 6) is 0. The van der Waals surface area contributed by atoms with Gasteiger partial charge in [0.1, 0.15) is 0 Å². The highest BCUT2D eigenvalue weighted by Gasteiger charge is 2.25. The maximum absolute atomic E-state index is 12.8. The number of primary sulfonamides is 1. The molecule has 0 fully saturated rings. The number of nitrogens with zero attached hydrogens (tertiary/aromatic N) is 1. The van der Waals surface area contributed by atoms with Gasteiger partial charge < -0.3 is 0 Å². The van der Waals surface area contributed by atoms with Gasteiger partial charge in [0, 0.05) is 18.1 Å². The molecule has 0 unspecified atom stereocenters. The lowest BCUT2D eigenvalue weighted by atomic mass is 10.2. The number of hydrogen-bond acceptors (Lipinski definition) is 4. The van der Waals surface area contributed by atoms with Gasteiger partial charge in [0.25, 0.3) is 0 Å². The van der Waals surface area contributed by atoms with E-state index >= 15 is 0 Å². The number of rotatable bonds is 6. The van der Waals surface area contributed by atoms with Crippen molar-refractivity contribution < 1.29 is 16.8 Å². The Kier molecular flexibility index (Phi) is 5.67. The van der Waals surface area contributed by atoms with Gasteiger partial charge in [0.15, 0.2) is 0 Å². The minimum atomic E-state index is -3.99. The molecule has 0 amide bonds. The second-order valence-corrected chi connectivity index (χ2v) is 8.95. The normalized spacial score (nSPS) is 12.5. The summed E-state index contributed by atoms with van der Waals surface area (Å²) >= 11 is 6.09. The number of nitrogens with two attached hydrogens (primary N) is 1. The van der Waals surface area contributed by atoms with E-state index < -0.39 is 20.0 Å². The topological polar surface area (TPSA) is 97.5 Å². The average molecular weight is 389 g/mol. The van der Waals surface area contributed by atoms with Crippen molar-refractivity contribution in [3.63, 3.8) is 0 Å². The van der Waals surface area contributed by atoms with Crippen molar-refractivity contribution in [3.8, 4) is 0 Å². The molecule has 0 aliphatic rings. The van der Waals surface area contributed by atoms with Crippen LogP contribution in [0.2, 0.25) is 5.02 Å². The zero-order chi connectivity index (χ0) is 18.0.